The first-order valence-electron chi connectivity index (χ1n) is 6.77. The summed E-state index contributed by atoms with van der Waals surface area (Å²) in [7, 11) is 1.58. The summed E-state index contributed by atoms with van der Waals surface area (Å²) in [5, 5.41) is 9.59. The lowest BCUT2D eigenvalue weighted by Gasteiger charge is -2.38. The number of carboxylic acids is 1. The van der Waals surface area contributed by atoms with Gasteiger partial charge in [0.05, 0.1) is 19.3 Å². The topological polar surface area (TPSA) is 59.0 Å². The molecule has 1 saturated heterocycles. The Morgan fingerprint density at radius 1 is 1.40 bits per heavy atom. The SMILES string of the molecule is COc1cccc(C(C(=O)O)N2CC(C)OC(C)C2)c1. The molecule has 1 aliphatic heterocycles. The monoisotopic (exact) mass is 279 g/mol. The van der Waals surface area contributed by atoms with Crippen LogP contribution in [-0.2, 0) is 9.53 Å². The van der Waals surface area contributed by atoms with E-state index in [1.165, 1.54) is 0 Å². The number of morpholine rings is 1. The number of carboxylic acid groups (broad SMARTS) is 1. The molecule has 0 radical (unpaired) electrons. The first-order chi connectivity index (χ1) is 9.51. The first-order valence-corrected chi connectivity index (χ1v) is 6.77. The zero-order valence-electron chi connectivity index (χ0n) is 12.1. The largest absolute Gasteiger partial charge is 0.497 e. The molecule has 3 unspecified atom stereocenters. The molecule has 0 saturated carbocycles. The third-order valence-electron chi connectivity index (χ3n) is 3.46. The van der Waals surface area contributed by atoms with Gasteiger partial charge in [-0.25, -0.2) is 0 Å². The molecule has 2 rings (SSSR count). The van der Waals surface area contributed by atoms with E-state index in [0.717, 1.165) is 5.56 Å². The predicted molar refractivity (Wildman–Crippen MR) is 75.0 cm³/mol. The van der Waals surface area contributed by atoms with Crippen molar-refractivity contribution in [1.82, 2.24) is 4.90 Å². The Kier molecular flexibility index (Phi) is 4.62. The number of aliphatic carboxylic acids is 1. The van der Waals surface area contributed by atoms with Crippen molar-refractivity contribution < 1.29 is 19.4 Å². The summed E-state index contributed by atoms with van der Waals surface area (Å²) in [4.78, 5) is 13.6. The van der Waals surface area contributed by atoms with Gasteiger partial charge in [0.2, 0.25) is 0 Å². The summed E-state index contributed by atoms with van der Waals surface area (Å²) >= 11 is 0. The number of carbonyl (C=O) groups is 1. The summed E-state index contributed by atoms with van der Waals surface area (Å²) < 4.78 is 10.8. The van der Waals surface area contributed by atoms with E-state index in [1.54, 1.807) is 13.2 Å². The average molecular weight is 279 g/mol. The molecule has 5 heteroatoms. The lowest BCUT2D eigenvalue weighted by atomic mass is 10.0. The molecule has 5 nitrogen and oxygen atoms in total. The van der Waals surface area contributed by atoms with E-state index >= 15 is 0 Å². The van der Waals surface area contributed by atoms with E-state index in [9.17, 15) is 9.90 Å². The van der Waals surface area contributed by atoms with Gasteiger partial charge in [0.25, 0.3) is 0 Å². The smallest absolute Gasteiger partial charge is 0.325 e. The first kappa shape index (κ1) is 14.8. The molecular formula is C15H21NO4. The number of methoxy groups -OCH3 is 1. The standard InChI is InChI=1S/C15H21NO4/c1-10-8-16(9-11(2)20-10)14(15(17)18)12-5-4-6-13(7-12)19-3/h4-7,10-11,14H,8-9H2,1-3H3,(H,17,18). The molecule has 20 heavy (non-hydrogen) atoms. The highest BCUT2D eigenvalue weighted by Crippen LogP contribution is 2.27. The van der Waals surface area contributed by atoms with Crippen LogP contribution in [0.15, 0.2) is 24.3 Å². The van der Waals surface area contributed by atoms with E-state index in [1.807, 2.05) is 36.9 Å². The second-order valence-electron chi connectivity index (χ2n) is 5.23. The number of nitrogens with zero attached hydrogens (tertiary/aromatic N) is 1. The molecule has 3 atom stereocenters. The molecule has 1 aromatic rings. The highest BCUT2D eigenvalue weighted by molar-refractivity contribution is 5.75. The zero-order chi connectivity index (χ0) is 14.7. The molecule has 0 bridgehead atoms. The van der Waals surface area contributed by atoms with E-state index < -0.39 is 12.0 Å². The maximum absolute atomic E-state index is 11.7. The summed E-state index contributed by atoms with van der Waals surface area (Å²) in [6.07, 6.45) is 0.0671. The maximum Gasteiger partial charge on any atom is 0.325 e. The van der Waals surface area contributed by atoms with Crippen molar-refractivity contribution in [3.8, 4) is 5.75 Å². The highest BCUT2D eigenvalue weighted by Gasteiger charge is 2.33. The second-order valence-corrected chi connectivity index (χ2v) is 5.23. The molecule has 0 aliphatic carbocycles. The van der Waals surface area contributed by atoms with Crippen molar-refractivity contribution in [3.63, 3.8) is 0 Å². The average Bonchev–Trinajstić information content (AvgIpc) is 2.37. The minimum absolute atomic E-state index is 0.0335. The number of hydrogen-bond donors (Lipinski definition) is 1. The van der Waals surface area contributed by atoms with Gasteiger partial charge in [0.1, 0.15) is 11.8 Å². The number of rotatable bonds is 4. The van der Waals surface area contributed by atoms with Gasteiger partial charge in [-0.2, -0.15) is 0 Å². The predicted octanol–water partition coefficient (Wildman–Crippen LogP) is 1.93. The van der Waals surface area contributed by atoms with E-state index in [2.05, 4.69) is 0 Å². The van der Waals surface area contributed by atoms with Crippen LogP contribution in [0.3, 0.4) is 0 Å². The molecule has 0 spiro atoms. The van der Waals surface area contributed by atoms with Crippen molar-refractivity contribution in [2.45, 2.75) is 32.1 Å². The van der Waals surface area contributed by atoms with Crippen LogP contribution in [-0.4, -0.2) is 48.4 Å². The lowest BCUT2D eigenvalue weighted by molar-refractivity contribution is -0.149. The van der Waals surface area contributed by atoms with Gasteiger partial charge in [-0.05, 0) is 31.5 Å². The summed E-state index contributed by atoms with van der Waals surface area (Å²) in [6, 6.07) is 6.57. The Balaban J connectivity index is 2.28. The van der Waals surface area contributed by atoms with Crippen LogP contribution in [0.2, 0.25) is 0 Å². The second kappa shape index (κ2) is 6.24. The van der Waals surface area contributed by atoms with Crippen LogP contribution in [0.5, 0.6) is 5.75 Å². The van der Waals surface area contributed by atoms with Crippen LogP contribution >= 0.6 is 0 Å². The minimum atomic E-state index is -0.848. The fraction of sp³-hybridized carbons (Fsp3) is 0.533. The van der Waals surface area contributed by atoms with E-state index in [-0.39, 0.29) is 12.2 Å². The lowest BCUT2D eigenvalue weighted by Crippen LogP contribution is -2.48. The molecule has 110 valence electrons. The molecule has 1 aromatic carbocycles. The van der Waals surface area contributed by atoms with Crippen LogP contribution in [0, 0.1) is 0 Å². The van der Waals surface area contributed by atoms with E-state index in [0.29, 0.717) is 18.8 Å². The van der Waals surface area contributed by atoms with Gasteiger partial charge in [-0.15, -0.1) is 0 Å². The molecular weight excluding hydrogens is 258 g/mol. The summed E-state index contributed by atoms with van der Waals surface area (Å²) in [5.74, 6) is -0.178. The van der Waals surface area contributed by atoms with Crippen molar-refractivity contribution in [2.24, 2.45) is 0 Å². The van der Waals surface area contributed by atoms with Crippen molar-refractivity contribution in [3.05, 3.63) is 29.8 Å². The molecule has 1 N–H and O–H groups in total. The van der Waals surface area contributed by atoms with Gasteiger partial charge in [-0.1, -0.05) is 12.1 Å². The van der Waals surface area contributed by atoms with Gasteiger partial charge < -0.3 is 14.6 Å². The number of hydrogen-bond acceptors (Lipinski definition) is 4. The number of benzene rings is 1. The zero-order valence-corrected chi connectivity index (χ0v) is 12.1. The fourth-order valence-corrected chi connectivity index (χ4v) is 2.75. The Morgan fingerprint density at radius 2 is 2.05 bits per heavy atom. The summed E-state index contributed by atoms with van der Waals surface area (Å²) in [6.45, 7) is 5.15. The van der Waals surface area contributed by atoms with Crippen molar-refractivity contribution in [2.75, 3.05) is 20.2 Å². The third-order valence-corrected chi connectivity index (χ3v) is 3.46. The maximum atomic E-state index is 11.7. The third kappa shape index (κ3) is 3.29. The summed E-state index contributed by atoms with van der Waals surface area (Å²) in [5.41, 5.74) is 0.734. The Morgan fingerprint density at radius 3 is 2.60 bits per heavy atom. The quantitative estimate of drug-likeness (QED) is 0.912. The van der Waals surface area contributed by atoms with Crippen molar-refractivity contribution >= 4 is 5.97 Å². The van der Waals surface area contributed by atoms with Gasteiger partial charge >= 0.3 is 5.97 Å². The Hall–Kier alpha value is -1.59. The Bertz CT molecular complexity index is 467. The van der Waals surface area contributed by atoms with E-state index in [4.69, 9.17) is 9.47 Å². The van der Waals surface area contributed by atoms with Crippen LogP contribution < -0.4 is 4.74 Å². The normalized spacial score (nSPS) is 25.1. The highest BCUT2D eigenvalue weighted by atomic mass is 16.5. The Labute approximate surface area is 119 Å². The van der Waals surface area contributed by atoms with Crippen molar-refractivity contribution in [1.29, 1.82) is 0 Å². The molecule has 1 aliphatic rings. The number of ether oxygens (including phenoxy) is 2. The molecule has 0 amide bonds. The van der Waals surface area contributed by atoms with Gasteiger partial charge in [0, 0.05) is 13.1 Å². The molecule has 1 fully saturated rings. The van der Waals surface area contributed by atoms with Crippen LogP contribution in [0.1, 0.15) is 25.5 Å². The van der Waals surface area contributed by atoms with Gasteiger partial charge in [-0.3, -0.25) is 9.69 Å². The molecule has 1 heterocycles. The minimum Gasteiger partial charge on any atom is -0.497 e. The van der Waals surface area contributed by atoms with Crippen LogP contribution in [0.4, 0.5) is 0 Å². The van der Waals surface area contributed by atoms with Crippen LogP contribution in [0.25, 0.3) is 0 Å². The van der Waals surface area contributed by atoms with Gasteiger partial charge in [0.15, 0.2) is 0 Å². The molecule has 0 aromatic heterocycles. The fourth-order valence-electron chi connectivity index (χ4n) is 2.75.